The lowest BCUT2D eigenvalue weighted by Gasteiger charge is -2.44. The van der Waals surface area contributed by atoms with E-state index in [0.717, 1.165) is 11.3 Å². The Morgan fingerprint density at radius 2 is 1.78 bits per heavy atom. The Morgan fingerprint density at radius 3 is 2.40 bits per heavy atom. The average Bonchev–Trinajstić information content (AvgIpc) is 3.79. The number of nitrogen functional groups attached to an aromatic ring is 1. The number of esters is 1. The SMILES string of the molecule is CCO[C@@H](O[C@@H]1[C@@H](C)C(=O)C(C)C(=O)O[C@H](CC)[C@@]2(C)OC(=O)N(CCCCn3cc(-c4cccc(N)c4)nn3)[C@@H]2[C@@H](C)NC[C@H](C)C[C@@]1(C)OC)C(O)C(CC)N(C)C. The number of amides is 1. The molecule has 4 N–H and O–H groups in total. The number of ether oxygens (including phenoxy) is 5. The van der Waals surface area contributed by atoms with Crippen LogP contribution in [0.15, 0.2) is 30.5 Å². The molecule has 1 amide bonds. The third-order valence-electron chi connectivity index (χ3n) is 12.6. The Labute approximate surface area is 357 Å². The lowest BCUT2D eigenvalue weighted by molar-refractivity contribution is -0.265. The van der Waals surface area contributed by atoms with Crippen LogP contribution in [0.4, 0.5) is 10.5 Å². The highest BCUT2D eigenvalue weighted by Crippen LogP contribution is 2.40. The molecule has 4 rings (SSSR count). The summed E-state index contributed by atoms with van der Waals surface area (Å²) in [5.41, 5.74) is 5.93. The van der Waals surface area contributed by atoms with E-state index in [2.05, 4.69) is 22.6 Å². The van der Waals surface area contributed by atoms with Crippen LogP contribution >= 0.6 is 0 Å². The molecule has 0 aliphatic carbocycles. The van der Waals surface area contributed by atoms with E-state index in [0.29, 0.717) is 57.4 Å². The number of nitrogens with zero attached hydrogens (tertiary/aromatic N) is 5. The third kappa shape index (κ3) is 11.2. The highest BCUT2D eigenvalue weighted by Gasteiger charge is 2.58. The van der Waals surface area contributed by atoms with Gasteiger partial charge in [-0.25, -0.2) is 4.79 Å². The monoisotopic (exact) mass is 844 g/mol. The summed E-state index contributed by atoms with van der Waals surface area (Å²) in [4.78, 5) is 46.0. The quantitative estimate of drug-likeness (QED) is 0.0678. The van der Waals surface area contributed by atoms with Crippen molar-refractivity contribution in [1.82, 2.24) is 30.1 Å². The minimum absolute atomic E-state index is 0.0218. The number of hydrogen-bond acceptors (Lipinski definition) is 14. The number of methoxy groups -OCH3 is 1. The first kappa shape index (κ1) is 49.0. The molecule has 338 valence electrons. The van der Waals surface area contributed by atoms with Gasteiger partial charge in [-0.2, -0.15) is 0 Å². The largest absolute Gasteiger partial charge is 0.458 e. The second kappa shape index (κ2) is 21.4. The van der Waals surface area contributed by atoms with Crippen LogP contribution in [0.1, 0.15) is 94.4 Å². The molecule has 2 aliphatic heterocycles. The van der Waals surface area contributed by atoms with E-state index in [1.165, 1.54) is 6.92 Å². The maximum Gasteiger partial charge on any atom is 0.410 e. The van der Waals surface area contributed by atoms with E-state index in [4.69, 9.17) is 29.4 Å². The zero-order valence-corrected chi connectivity index (χ0v) is 38.1. The number of ketones is 1. The second-order valence-corrected chi connectivity index (χ2v) is 17.5. The van der Waals surface area contributed by atoms with Gasteiger partial charge in [-0.15, -0.1) is 5.10 Å². The first-order valence-electron chi connectivity index (χ1n) is 21.7. The summed E-state index contributed by atoms with van der Waals surface area (Å²) in [5.74, 6) is -3.21. The number of carbonyl (C=O) groups is 3. The second-order valence-electron chi connectivity index (χ2n) is 17.5. The van der Waals surface area contributed by atoms with Crippen molar-refractivity contribution in [3.8, 4) is 11.3 Å². The maximum atomic E-state index is 14.4. The minimum atomic E-state index is -1.24. The molecular weight excluding hydrogens is 771 g/mol. The van der Waals surface area contributed by atoms with Crippen molar-refractivity contribution in [3.63, 3.8) is 0 Å². The predicted molar refractivity (Wildman–Crippen MR) is 229 cm³/mol. The molecule has 0 radical (unpaired) electrons. The fourth-order valence-electron chi connectivity index (χ4n) is 9.27. The molecule has 0 bridgehead atoms. The molecule has 1 aromatic carbocycles. The van der Waals surface area contributed by atoms with Crippen molar-refractivity contribution in [2.75, 3.05) is 46.6 Å². The number of nitrogens with one attached hydrogen (secondary N) is 1. The number of aliphatic hydroxyl groups excluding tert-OH is 1. The number of aryl methyl sites for hydroxylation is 1. The number of unbranched alkanes of at least 4 members (excludes halogenated alkanes) is 1. The van der Waals surface area contributed by atoms with Crippen LogP contribution in [0, 0.1) is 17.8 Å². The number of rotatable bonds is 16. The molecule has 1 aromatic heterocycles. The maximum absolute atomic E-state index is 14.4. The summed E-state index contributed by atoms with van der Waals surface area (Å²) >= 11 is 0. The van der Waals surface area contributed by atoms with E-state index in [1.54, 1.807) is 23.6 Å². The molecule has 0 spiro atoms. The van der Waals surface area contributed by atoms with E-state index in [-0.39, 0.29) is 24.6 Å². The summed E-state index contributed by atoms with van der Waals surface area (Å²) in [6.07, 6.45) is 0.280. The van der Waals surface area contributed by atoms with Gasteiger partial charge < -0.3 is 44.7 Å². The van der Waals surface area contributed by atoms with Crippen molar-refractivity contribution in [2.24, 2.45) is 17.8 Å². The Hall–Kier alpha value is -3.67. The van der Waals surface area contributed by atoms with Crippen molar-refractivity contribution < 1.29 is 43.2 Å². The molecule has 3 heterocycles. The lowest BCUT2D eigenvalue weighted by Crippen LogP contribution is -2.61. The molecule has 2 saturated heterocycles. The smallest absolute Gasteiger partial charge is 0.410 e. The zero-order chi connectivity index (χ0) is 44.5. The minimum Gasteiger partial charge on any atom is -0.458 e. The fraction of sp³-hybridized carbons (Fsp3) is 0.750. The number of nitrogens with two attached hydrogens (primary N) is 1. The van der Waals surface area contributed by atoms with E-state index in [9.17, 15) is 19.5 Å². The van der Waals surface area contributed by atoms with Crippen LogP contribution in [-0.2, 0) is 39.8 Å². The van der Waals surface area contributed by atoms with Crippen LogP contribution in [0.2, 0.25) is 0 Å². The Kier molecular flexibility index (Phi) is 17.5. The van der Waals surface area contributed by atoms with Crippen LogP contribution < -0.4 is 11.1 Å². The molecule has 2 aromatic rings. The number of aliphatic hydroxyl groups is 1. The highest BCUT2D eigenvalue weighted by molar-refractivity contribution is 6.00. The van der Waals surface area contributed by atoms with Gasteiger partial charge in [0.05, 0.1) is 23.9 Å². The molecular formula is C44H73N7O9. The van der Waals surface area contributed by atoms with E-state index >= 15 is 0 Å². The zero-order valence-electron chi connectivity index (χ0n) is 38.1. The first-order chi connectivity index (χ1) is 28.3. The van der Waals surface area contributed by atoms with Crippen LogP contribution in [-0.4, -0.2) is 143 Å². The third-order valence-corrected chi connectivity index (χ3v) is 12.6. The summed E-state index contributed by atoms with van der Waals surface area (Å²) in [5, 5.41) is 23.9. The number of fused-ring (bicyclic) bond motifs is 1. The summed E-state index contributed by atoms with van der Waals surface area (Å²) in [6.45, 7) is 18.5. The molecule has 0 saturated carbocycles. The van der Waals surface area contributed by atoms with Crippen molar-refractivity contribution in [2.45, 2.75) is 155 Å². The molecule has 3 unspecified atom stereocenters. The van der Waals surface area contributed by atoms with Gasteiger partial charge in [0.2, 0.25) is 0 Å². The standard InChI is InChI=1S/C44H73N7O9/c1-13-34(49(10)11)37(53)41(57-15-3)59-39-28(5)36(52)29(6)40(54)58-35(14-2)44(9)38(30(7)46-25-27(4)24-43(39,8)56-12)51(42(55)60-44)22-17-16-21-50-26-33(47-48-50)31-19-18-20-32(45)23-31/h18-20,23,26-30,34-35,37-39,41,46,53H,13-17,21-22,24-25,45H2,1-12H3/t27-,28+,29?,30-,34?,35-,37?,38-,39-,41+,43-,44-/m1/s1. The Bertz CT molecular complexity index is 1710. The van der Waals surface area contributed by atoms with Crippen molar-refractivity contribution in [1.29, 1.82) is 0 Å². The molecule has 2 aliphatic rings. The van der Waals surface area contributed by atoms with Gasteiger partial charge in [0.15, 0.2) is 17.7 Å². The number of anilines is 1. The summed E-state index contributed by atoms with van der Waals surface area (Å²) in [6, 6.07) is 6.39. The van der Waals surface area contributed by atoms with Crippen LogP contribution in [0.3, 0.4) is 0 Å². The van der Waals surface area contributed by atoms with Gasteiger partial charge in [-0.1, -0.05) is 45.0 Å². The number of cyclic esters (lactones) is 1. The molecule has 60 heavy (non-hydrogen) atoms. The molecule has 2 fully saturated rings. The predicted octanol–water partition coefficient (Wildman–Crippen LogP) is 4.92. The highest BCUT2D eigenvalue weighted by atomic mass is 16.7. The summed E-state index contributed by atoms with van der Waals surface area (Å²) < 4.78 is 33.2. The number of Topliss-reactive ketones (excluding diaryl/α,β-unsaturated/α-hetero) is 1. The molecule has 16 nitrogen and oxygen atoms in total. The molecule has 16 heteroatoms. The number of benzene rings is 1. The normalized spacial score (nSPS) is 31.2. The topological polar surface area (TPSA) is 193 Å². The number of carbonyl (C=O) groups excluding carboxylic acids is 3. The summed E-state index contributed by atoms with van der Waals surface area (Å²) in [7, 11) is 5.36. The number of likely N-dealkylation sites (N-methyl/N-ethyl adjacent to an activating group) is 1. The van der Waals surface area contributed by atoms with Crippen LogP contribution in [0.5, 0.6) is 0 Å². The first-order valence-corrected chi connectivity index (χ1v) is 21.7. The lowest BCUT2D eigenvalue weighted by atomic mass is 9.78. The molecule has 12 atom stereocenters. The van der Waals surface area contributed by atoms with Gasteiger partial charge >= 0.3 is 12.1 Å². The van der Waals surface area contributed by atoms with E-state index < -0.39 is 71.5 Å². The Morgan fingerprint density at radius 1 is 1.08 bits per heavy atom. The number of aromatic nitrogens is 3. The van der Waals surface area contributed by atoms with Crippen molar-refractivity contribution >= 4 is 23.5 Å². The van der Waals surface area contributed by atoms with Gasteiger partial charge in [-0.3, -0.25) is 19.2 Å². The van der Waals surface area contributed by atoms with E-state index in [1.807, 2.05) is 91.0 Å². The fourth-order valence-corrected chi connectivity index (χ4v) is 9.27. The number of hydrogen-bond donors (Lipinski definition) is 3. The van der Waals surface area contributed by atoms with Crippen LogP contribution in [0.25, 0.3) is 11.3 Å². The average molecular weight is 844 g/mol. The van der Waals surface area contributed by atoms with Crippen molar-refractivity contribution in [3.05, 3.63) is 30.5 Å². The van der Waals surface area contributed by atoms with Gasteiger partial charge in [0.25, 0.3) is 0 Å². The van der Waals surface area contributed by atoms with Gasteiger partial charge in [-0.05, 0) is 105 Å². The Balaban J connectivity index is 1.61. The van der Waals surface area contributed by atoms with Gasteiger partial charge in [0, 0.05) is 56.1 Å². The van der Waals surface area contributed by atoms with Gasteiger partial charge in [0.1, 0.15) is 23.8 Å².